The highest BCUT2D eigenvalue weighted by atomic mass is 79.9. The highest BCUT2D eigenvalue weighted by Crippen LogP contribution is 2.23. The maximum absolute atomic E-state index is 5.70. The monoisotopic (exact) mass is 284 g/mol. The summed E-state index contributed by atoms with van der Waals surface area (Å²) in [6.07, 6.45) is 1.76. The number of H-pyrrole nitrogens is 1. The van der Waals surface area contributed by atoms with Gasteiger partial charge in [0.1, 0.15) is 5.82 Å². The zero-order chi connectivity index (χ0) is 10.8. The van der Waals surface area contributed by atoms with Crippen molar-refractivity contribution in [3.63, 3.8) is 0 Å². The molecule has 0 amide bonds. The molecule has 0 bridgehead atoms. The lowest BCUT2D eigenvalue weighted by Crippen LogP contribution is -1.83. The van der Waals surface area contributed by atoms with Gasteiger partial charge in [0.05, 0.1) is 5.88 Å². The number of aryl methyl sites for hydroxylation is 1. The van der Waals surface area contributed by atoms with Crippen LogP contribution in [0.4, 0.5) is 0 Å². The molecule has 0 radical (unpaired) electrons. The number of halogens is 2. The Labute approximate surface area is 102 Å². The van der Waals surface area contributed by atoms with Gasteiger partial charge in [-0.3, -0.25) is 0 Å². The van der Waals surface area contributed by atoms with Gasteiger partial charge in [-0.2, -0.15) is 0 Å². The SMILES string of the molecule is Cc1ccc(-c2ncc(CCl)[nH]2)cc1Br. The van der Waals surface area contributed by atoms with Crippen molar-refractivity contribution in [1.29, 1.82) is 0 Å². The number of nitrogens with zero attached hydrogens (tertiary/aromatic N) is 1. The Morgan fingerprint density at radius 1 is 1.47 bits per heavy atom. The molecule has 0 unspecified atom stereocenters. The van der Waals surface area contributed by atoms with Gasteiger partial charge in [-0.25, -0.2) is 4.98 Å². The molecule has 2 aromatic rings. The fraction of sp³-hybridized carbons (Fsp3) is 0.182. The summed E-state index contributed by atoms with van der Waals surface area (Å²) in [4.78, 5) is 7.43. The molecule has 0 atom stereocenters. The van der Waals surface area contributed by atoms with Crippen molar-refractivity contribution in [1.82, 2.24) is 9.97 Å². The molecule has 0 fully saturated rings. The molecule has 1 aromatic heterocycles. The van der Waals surface area contributed by atoms with E-state index in [1.165, 1.54) is 5.56 Å². The summed E-state index contributed by atoms with van der Waals surface area (Å²) in [5.41, 5.74) is 3.20. The Kier molecular flexibility index (Phi) is 3.12. The van der Waals surface area contributed by atoms with Gasteiger partial charge in [0.2, 0.25) is 0 Å². The Bertz CT molecular complexity index is 479. The third-order valence-electron chi connectivity index (χ3n) is 2.22. The van der Waals surface area contributed by atoms with Crippen molar-refractivity contribution in [3.05, 3.63) is 40.1 Å². The van der Waals surface area contributed by atoms with Crippen LogP contribution in [0.1, 0.15) is 11.3 Å². The molecule has 0 aliphatic rings. The van der Waals surface area contributed by atoms with Crippen LogP contribution in [0.15, 0.2) is 28.9 Å². The van der Waals surface area contributed by atoms with E-state index in [1.807, 2.05) is 12.1 Å². The molecule has 1 heterocycles. The number of imidazole rings is 1. The molecule has 4 heteroatoms. The molecule has 1 N–H and O–H groups in total. The van der Waals surface area contributed by atoms with Crippen LogP contribution in [0.25, 0.3) is 11.4 Å². The Morgan fingerprint density at radius 3 is 2.87 bits per heavy atom. The molecule has 2 nitrogen and oxygen atoms in total. The van der Waals surface area contributed by atoms with Gasteiger partial charge in [0.15, 0.2) is 0 Å². The molecule has 0 saturated heterocycles. The summed E-state index contributed by atoms with van der Waals surface area (Å²) in [6.45, 7) is 2.06. The quantitative estimate of drug-likeness (QED) is 0.833. The molecule has 0 spiro atoms. The van der Waals surface area contributed by atoms with Gasteiger partial charge in [-0.05, 0) is 18.6 Å². The van der Waals surface area contributed by atoms with Crippen molar-refractivity contribution in [3.8, 4) is 11.4 Å². The molecule has 0 aliphatic heterocycles. The van der Waals surface area contributed by atoms with E-state index in [1.54, 1.807) is 6.20 Å². The second kappa shape index (κ2) is 4.37. The lowest BCUT2D eigenvalue weighted by Gasteiger charge is -2.01. The van der Waals surface area contributed by atoms with Gasteiger partial charge >= 0.3 is 0 Å². The Hall–Kier alpha value is -0.800. The van der Waals surface area contributed by atoms with Crippen molar-refractivity contribution >= 4 is 27.5 Å². The highest BCUT2D eigenvalue weighted by molar-refractivity contribution is 9.10. The predicted molar refractivity (Wildman–Crippen MR) is 66.0 cm³/mol. The van der Waals surface area contributed by atoms with Crippen LogP contribution in [-0.4, -0.2) is 9.97 Å². The summed E-state index contributed by atoms with van der Waals surface area (Å²) in [7, 11) is 0. The molecule has 1 aromatic carbocycles. The van der Waals surface area contributed by atoms with Crippen LogP contribution in [0.5, 0.6) is 0 Å². The molecule has 78 valence electrons. The largest absolute Gasteiger partial charge is 0.341 e. The van der Waals surface area contributed by atoms with Crippen LogP contribution < -0.4 is 0 Å². The average molecular weight is 286 g/mol. The Morgan fingerprint density at radius 2 is 2.27 bits per heavy atom. The van der Waals surface area contributed by atoms with Gasteiger partial charge < -0.3 is 4.98 Å². The zero-order valence-corrected chi connectivity index (χ0v) is 10.6. The predicted octanol–water partition coefficient (Wildman–Crippen LogP) is 3.89. The third kappa shape index (κ3) is 2.24. The molecular weight excluding hydrogens is 275 g/mol. The Balaban J connectivity index is 2.40. The number of benzene rings is 1. The summed E-state index contributed by atoms with van der Waals surface area (Å²) in [6, 6.07) is 6.14. The molecule has 0 saturated carbocycles. The van der Waals surface area contributed by atoms with Crippen molar-refractivity contribution in [2.75, 3.05) is 0 Å². The van der Waals surface area contributed by atoms with E-state index < -0.39 is 0 Å². The first-order valence-corrected chi connectivity index (χ1v) is 5.90. The first-order chi connectivity index (χ1) is 7.20. The number of alkyl halides is 1. The summed E-state index contributed by atoms with van der Waals surface area (Å²) >= 11 is 9.20. The summed E-state index contributed by atoms with van der Waals surface area (Å²) in [5.74, 6) is 1.31. The van der Waals surface area contributed by atoms with E-state index in [9.17, 15) is 0 Å². The number of aromatic nitrogens is 2. The smallest absolute Gasteiger partial charge is 0.137 e. The van der Waals surface area contributed by atoms with Crippen LogP contribution >= 0.6 is 27.5 Å². The minimum atomic E-state index is 0.458. The molecule has 15 heavy (non-hydrogen) atoms. The maximum Gasteiger partial charge on any atom is 0.137 e. The van der Waals surface area contributed by atoms with Crippen molar-refractivity contribution < 1.29 is 0 Å². The first kappa shape index (κ1) is 10.7. The van der Waals surface area contributed by atoms with E-state index >= 15 is 0 Å². The molecular formula is C11H10BrClN2. The number of aromatic amines is 1. The maximum atomic E-state index is 5.70. The van der Waals surface area contributed by atoms with Gasteiger partial charge in [0.25, 0.3) is 0 Å². The van der Waals surface area contributed by atoms with E-state index in [0.29, 0.717) is 5.88 Å². The zero-order valence-electron chi connectivity index (χ0n) is 8.22. The minimum absolute atomic E-state index is 0.458. The van der Waals surface area contributed by atoms with Crippen molar-refractivity contribution in [2.24, 2.45) is 0 Å². The molecule has 0 aliphatic carbocycles. The average Bonchev–Trinajstić information content (AvgIpc) is 2.70. The first-order valence-electron chi connectivity index (χ1n) is 4.57. The second-order valence-electron chi connectivity index (χ2n) is 3.35. The van der Waals surface area contributed by atoms with E-state index in [0.717, 1.165) is 21.6 Å². The molecule has 2 rings (SSSR count). The number of hydrogen-bond acceptors (Lipinski definition) is 1. The number of rotatable bonds is 2. The van der Waals surface area contributed by atoms with E-state index in [-0.39, 0.29) is 0 Å². The lowest BCUT2D eigenvalue weighted by molar-refractivity contribution is 1.22. The van der Waals surface area contributed by atoms with Crippen molar-refractivity contribution in [2.45, 2.75) is 12.8 Å². The minimum Gasteiger partial charge on any atom is -0.341 e. The normalized spacial score (nSPS) is 10.6. The topological polar surface area (TPSA) is 28.7 Å². The summed E-state index contributed by atoms with van der Waals surface area (Å²) in [5, 5.41) is 0. The van der Waals surface area contributed by atoms with Gasteiger partial charge in [-0.15, -0.1) is 11.6 Å². The fourth-order valence-electron chi connectivity index (χ4n) is 1.31. The van der Waals surface area contributed by atoms with Gasteiger partial charge in [0, 0.05) is 21.9 Å². The highest BCUT2D eigenvalue weighted by Gasteiger charge is 2.04. The lowest BCUT2D eigenvalue weighted by atomic mass is 10.1. The fourth-order valence-corrected chi connectivity index (χ4v) is 1.83. The van der Waals surface area contributed by atoms with Crippen LogP contribution in [-0.2, 0) is 5.88 Å². The third-order valence-corrected chi connectivity index (χ3v) is 3.36. The van der Waals surface area contributed by atoms with Crippen LogP contribution in [0, 0.1) is 6.92 Å². The number of nitrogens with one attached hydrogen (secondary N) is 1. The second-order valence-corrected chi connectivity index (χ2v) is 4.48. The number of hydrogen-bond donors (Lipinski definition) is 1. The van der Waals surface area contributed by atoms with Gasteiger partial charge in [-0.1, -0.05) is 28.1 Å². The van der Waals surface area contributed by atoms with E-state index in [2.05, 4.69) is 38.9 Å². The van der Waals surface area contributed by atoms with E-state index in [4.69, 9.17) is 11.6 Å². The van der Waals surface area contributed by atoms with Crippen LogP contribution in [0.2, 0.25) is 0 Å². The van der Waals surface area contributed by atoms with Crippen LogP contribution in [0.3, 0.4) is 0 Å². The summed E-state index contributed by atoms with van der Waals surface area (Å²) < 4.78 is 1.09. The standard InChI is InChI=1S/C11H10BrClN2/c1-7-2-3-8(4-10(7)12)11-14-6-9(5-13)15-11/h2-4,6H,5H2,1H3,(H,14,15).